The summed E-state index contributed by atoms with van der Waals surface area (Å²) in [7, 11) is 1.72. The van der Waals surface area contributed by atoms with Crippen molar-refractivity contribution in [3.63, 3.8) is 0 Å². The maximum Gasteiger partial charge on any atom is 0.306 e. The molecule has 0 saturated heterocycles. The van der Waals surface area contributed by atoms with Gasteiger partial charge < -0.3 is 14.2 Å². The number of carbonyl (C=O) groups is 1. The summed E-state index contributed by atoms with van der Waals surface area (Å²) in [6.45, 7) is 3.29. The third-order valence-electron chi connectivity index (χ3n) is 3.08. The summed E-state index contributed by atoms with van der Waals surface area (Å²) in [6.07, 6.45) is 5.47. The van der Waals surface area contributed by atoms with Gasteiger partial charge in [0.1, 0.15) is 6.10 Å². The van der Waals surface area contributed by atoms with Crippen LogP contribution in [0.1, 0.15) is 45.4 Å². The van der Waals surface area contributed by atoms with Gasteiger partial charge in [-0.05, 0) is 32.6 Å². The highest BCUT2D eigenvalue weighted by Crippen LogP contribution is 2.23. The minimum atomic E-state index is -0.105. The van der Waals surface area contributed by atoms with Crippen LogP contribution in [-0.2, 0) is 19.0 Å². The molecule has 1 rings (SSSR count). The molecule has 4 heteroatoms. The average molecular weight is 244 g/mol. The van der Waals surface area contributed by atoms with Gasteiger partial charge in [0.15, 0.2) is 0 Å². The van der Waals surface area contributed by atoms with Crippen molar-refractivity contribution < 1.29 is 19.0 Å². The standard InChI is InChI=1S/C13H24O4/c1-3-16-9-5-8-13(14)17-12-7-4-6-11(10-12)15-2/h11-12H,3-10H2,1-2H3. The Bertz CT molecular complexity index is 217. The molecule has 2 atom stereocenters. The first kappa shape index (κ1) is 14.5. The molecule has 0 aromatic rings. The van der Waals surface area contributed by atoms with E-state index in [1.807, 2.05) is 6.92 Å². The fourth-order valence-corrected chi connectivity index (χ4v) is 2.13. The van der Waals surface area contributed by atoms with Crippen molar-refractivity contribution in [2.24, 2.45) is 0 Å². The van der Waals surface area contributed by atoms with Crippen LogP contribution < -0.4 is 0 Å². The molecule has 0 bridgehead atoms. The quantitative estimate of drug-likeness (QED) is 0.509. The highest BCUT2D eigenvalue weighted by Gasteiger charge is 2.24. The topological polar surface area (TPSA) is 44.8 Å². The molecule has 0 spiro atoms. The number of methoxy groups -OCH3 is 1. The summed E-state index contributed by atoms with van der Waals surface area (Å²) in [4.78, 5) is 11.6. The Hall–Kier alpha value is -0.610. The second-order valence-corrected chi connectivity index (χ2v) is 4.44. The Labute approximate surface area is 104 Å². The Kier molecular flexibility index (Phi) is 7.21. The maximum absolute atomic E-state index is 11.6. The van der Waals surface area contributed by atoms with Gasteiger partial charge in [-0.3, -0.25) is 4.79 Å². The Morgan fingerprint density at radius 1 is 1.29 bits per heavy atom. The minimum absolute atomic E-state index is 0.0493. The fraction of sp³-hybridized carbons (Fsp3) is 0.923. The fourth-order valence-electron chi connectivity index (χ4n) is 2.13. The lowest BCUT2D eigenvalue weighted by molar-refractivity contribution is -0.153. The van der Waals surface area contributed by atoms with Gasteiger partial charge in [-0.25, -0.2) is 0 Å². The lowest BCUT2D eigenvalue weighted by Gasteiger charge is -2.27. The van der Waals surface area contributed by atoms with E-state index in [-0.39, 0.29) is 18.2 Å². The molecule has 0 amide bonds. The Morgan fingerprint density at radius 3 is 2.76 bits per heavy atom. The first-order valence-corrected chi connectivity index (χ1v) is 6.56. The van der Waals surface area contributed by atoms with E-state index in [0.717, 1.165) is 32.1 Å². The molecule has 0 aliphatic heterocycles. The van der Waals surface area contributed by atoms with Gasteiger partial charge in [0.2, 0.25) is 0 Å². The molecule has 100 valence electrons. The molecule has 1 fully saturated rings. The first-order valence-electron chi connectivity index (χ1n) is 6.56. The summed E-state index contributed by atoms with van der Waals surface area (Å²) in [5, 5.41) is 0. The SMILES string of the molecule is CCOCCCC(=O)OC1CCCC(OC)C1. The Morgan fingerprint density at radius 2 is 2.06 bits per heavy atom. The van der Waals surface area contributed by atoms with Crippen LogP contribution in [0.3, 0.4) is 0 Å². The average Bonchev–Trinajstić information content (AvgIpc) is 2.35. The second kappa shape index (κ2) is 8.48. The van der Waals surface area contributed by atoms with E-state index in [2.05, 4.69) is 0 Å². The van der Waals surface area contributed by atoms with E-state index in [1.54, 1.807) is 7.11 Å². The highest BCUT2D eigenvalue weighted by molar-refractivity contribution is 5.69. The molecule has 0 aromatic carbocycles. The number of hydrogen-bond acceptors (Lipinski definition) is 4. The predicted octanol–water partition coefficient (Wildman–Crippen LogP) is 2.30. The molecule has 0 aromatic heterocycles. The van der Waals surface area contributed by atoms with Crippen molar-refractivity contribution in [2.45, 2.75) is 57.7 Å². The van der Waals surface area contributed by atoms with E-state index in [9.17, 15) is 4.79 Å². The van der Waals surface area contributed by atoms with E-state index in [0.29, 0.717) is 19.6 Å². The molecule has 1 aliphatic rings. The zero-order chi connectivity index (χ0) is 12.5. The van der Waals surface area contributed by atoms with Crippen molar-refractivity contribution in [2.75, 3.05) is 20.3 Å². The number of rotatable bonds is 7. The normalized spacial score (nSPS) is 24.6. The molecule has 0 N–H and O–H groups in total. The number of esters is 1. The van der Waals surface area contributed by atoms with Gasteiger partial charge >= 0.3 is 5.97 Å². The molecule has 0 heterocycles. The van der Waals surface area contributed by atoms with E-state index in [4.69, 9.17) is 14.2 Å². The van der Waals surface area contributed by atoms with E-state index in [1.165, 1.54) is 0 Å². The minimum Gasteiger partial charge on any atom is -0.462 e. The van der Waals surface area contributed by atoms with Crippen LogP contribution in [-0.4, -0.2) is 38.5 Å². The van der Waals surface area contributed by atoms with E-state index >= 15 is 0 Å². The molecular formula is C13H24O4. The van der Waals surface area contributed by atoms with Crippen molar-refractivity contribution in [3.8, 4) is 0 Å². The number of carbonyl (C=O) groups excluding carboxylic acids is 1. The Balaban J connectivity index is 2.12. The summed E-state index contributed by atoms with van der Waals surface area (Å²) >= 11 is 0. The molecule has 1 saturated carbocycles. The van der Waals surface area contributed by atoms with Gasteiger partial charge in [-0.2, -0.15) is 0 Å². The van der Waals surface area contributed by atoms with Crippen LogP contribution >= 0.6 is 0 Å². The van der Waals surface area contributed by atoms with Crippen LogP contribution in [0.15, 0.2) is 0 Å². The zero-order valence-electron chi connectivity index (χ0n) is 10.9. The summed E-state index contributed by atoms with van der Waals surface area (Å²) < 4.78 is 15.9. The van der Waals surface area contributed by atoms with Crippen LogP contribution in [0.5, 0.6) is 0 Å². The van der Waals surface area contributed by atoms with Crippen molar-refractivity contribution in [1.82, 2.24) is 0 Å². The lowest BCUT2D eigenvalue weighted by atomic mass is 9.95. The zero-order valence-corrected chi connectivity index (χ0v) is 10.9. The van der Waals surface area contributed by atoms with Gasteiger partial charge in [0, 0.05) is 33.2 Å². The molecule has 4 nitrogen and oxygen atoms in total. The van der Waals surface area contributed by atoms with Crippen LogP contribution in [0, 0.1) is 0 Å². The van der Waals surface area contributed by atoms with Crippen LogP contribution in [0.25, 0.3) is 0 Å². The van der Waals surface area contributed by atoms with Gasteiger partial charge in [-0.1, -0.05) is 0 Å². The summed E-state index contributed by atoms with van der Waals surface area (Å²) in [6, 6.07) is 0. The van der Waals surface area contributed by atoms with Crippen molar-refractivity contribution in [1.29, 1.82) is 0 Å². The maximum atomic E-state index is 11.6. The van der Waals surface area contributed by atoms with Gasteiger partial charge in [0.25, 0.3) is 0 Å². The molecular weight excluding hydrogens is 220 g/mol. The van der Waals surface area contributed by atoms with Gasteiger partial charge in [-0.15, -0.1) is 0 Å². The smallest absolute Gasteiger partial charge is 0.306 e. The van der Waals surface area contributed by atoms with Crippen molar-refractivity contribution >= 4 is 5.97 Å². The van der Waals surface area contributed by atoms with Crippen molar-refractivity contribution in [3.05, 3.63) is 0 Å². The number of ether oxygens (including phenoxy) is 3. The highest BCUT2D eigenvalue weighted by atomic mass is 16.5. The molecule has 1 aliphatic carbocycles. The summed E-state index contributed by atoms with van der Waals surface area (Å²) in [5.41, 5.74) is 0. The number of hydrogen-bond donors (Lipinski definition) is 0. The van der Waals surface area contributed by atoms with Crippen LogP contribution in [0.4, 0.5) is 0 Å². The summed E-state index contributed by atoms with van der Waals surface area (Å²) in [5.74, 6) is -0.105. The first-order chi connectivity index (χ1) is 8.26. The third kappa shape index (κ3) is 6.03. The molecule has 17 heavy (non-hydrogen) atoms. The van der Waals surface area contributed by atoms with Crippen LogP contribution in [0.2, 0.25) is 0 Å². The van der Waals surface area contributed by atoms with E-state index < -0.39 is 0 Å². The lowest BCUT2D eigenvalue weighted by Crippen LogP contribution is -2.29. The molecule has 0 radical (unpaired) electrons. The largest absolute Gasteiger partial charge is 0.462 e. The molecule has 2 unspecified atom stereocenters. The van der Waals surface area contributed by atoms with Gasteiger partial charge in [0.05, 0.1) is 6.10 Å². The third-order valence-corrected chi connectivity index (χ3v) is 3.08. The predicted molar refractivity (Wildman–Crippen MR) is 64.9 cm³/mol. The second-order valence-electron chi connectivity index (χ2n) is 4.44. The monoisotopic (exact) mass is 244 g/mol.